The molecule has 0 unspecified atom stereocenters. The van der Waals surface area contributed by atoms with Crippen molar-refractivity contribution in [3.05, 3.63) is 23.2 Å². The largest absolute Gasteiger partial charge is 0.459 e. The molecule has 0 aromatic carbocycles. The van der Waals surface area contributed by atoms with Crippen LogP contribution in [0.2, 0.25) is 0 Å². The van der Waals surface area contributed by atoms with Gasteiger partial charge < -0.3 is 18.8 Å². The van der Waals surface area contributed by atoms with Crippen molar-refractivity contribution in [1.82, 2.24) is 9.78 Å². The number of quaternary nitrogens is 1. The van der Waals surface area contributed by atoms with E-state index < -0.39 is 0 Å². The molecule has 0 bridgehead atoms. The number of hydrogen-bond acceptors (Lipinski definition) is 5. The topological polar surface area (TPSA) is 68.8 Å². The lowest BCUT2D eigenvalue weighted by Crippen LogP contribution is -3.12. The van der Waals surface area contributed by atoms with Gasteiger partial charge in [-0.2, -0.15) is 4.68 Å². The molecule has 0 atom stereocenters. The minimum absolute atomic E-state index is 0.160. The Balaban J connectivity index is 1.73. The number of aliphatic hydroxyl groups excluding tert-OH is 1. The quantitative estimate of drug-likeness (QED) is 0.801. The maximum absolute atomic E-state index is 9.49. The Morgan fingerprint density at radius 2 is 2.26 bits per heavy atom. The summed E-state index contributed by atoms with van der Waals surface area (Å²) >= 11 is 5.17. The van der Waals surface area contributed by atoms with Gasteiger partial charge in [-0.25, -0.2) is 0 Å². The molecule has 6 nitrogen and oxygen atoms in total. The van der Waals surface area contributed by atoms with Gasteiger partial charge in [0.1, 0.15) is 0 Å². The molecule has 1 aliphatic rings. The second-order valence-electron chi connectivity index (χ2n) is 4.79. The molecule has 0 radical (unpaired) electrons. The number of aromatic nitrogens is 2. The summed E-state index contributed by atoms with van der Waals surface area (Å²) in [6, 6.07) is 3.57. The van der Waals surface area contributed by atoms with Crippen LogP contribution in [0.3, 0.4) is 0 Å². The molecule has 0 amide bonds. The molecule has 0 saturated carbocycles. The number of aliphatic hydroxyl groups is 1. The number of hydrogen-bond donors (Lipinski definition) is 2. The monoisotopic (exact) mass is 282 g/mol. The van der Waals surface area contributed by atoms with E-state index in [9.17, 15) is 5.11 Å². The first-order valence-corrected chi connectivity index (χ1v) is 6.76. The van der Waals surface area contributed by atoms with Gasteiger partial charge in [-0.05, 0) is 24.4 Å². The zero-order valence-corrected chi connectivity index (χ0v) is 11.2. The molecule has 2 aromatic rings. The smallest absolute Gasteiger partial charge is 0.292 e. The molecule has 3 heterocycles. The van der Waals surface area contributed by atoms with Gasteiger partial charge in [0, 0.05) is 12.8 Å². The van der Waals surface area contributed by atoms with Gasteiger partial charge in [0.05, 0.1) is 25.5 Å². The lowest BCUT2D eigenvalue weighted by Gasteiger charge is -2.25. The lowest BCUT2D eigenvalue weighted by atomic mass is 10.1. The summed E-state index contributed by atoms with van der Waals surface area (Å²) in [4.78, 5) is 1.70. The highest BCUT2D eigenvalue weighted by molar-refractivity contribution is 7.71. The Kier molecular flexibility index (Phi) is 3.50. The summed E-state index contributed by atoms with van der Waals surface area (Å²) in [5, 5.41) is 13.8. The first-order chi connectivity index (χ1) is 9.22. The summed E-state index contributed by atoms with van der Waals surface area (Å²) in [5.74, 6) is 0.986. The molecule has 0 aliphatic carbocycles. The standard InChI is InChI=1S/C12H15N3O3S/c16-9-3-5-14(6-4-9)8-15-12(19)18-11(13-15)10-2-1-7-17-10/h1-2,7,9,16H,3-6,8H2/p+1. The number of furan rings is 1. The average molecular weight is 282 g/mol. The third-order valence-corrected chi connectivity index (χ3v) is 3.67. The number of rotatable bonds is 3. The van der Waals surface area contributed by atoms with E-state index >= 15 is 0 Å². The molecule has 0 spiro atoms. The van der Waals surface area contributed by atoms with Crippen LogP contribution in [-0.4, -0.2) is 34.1 Å². The lowest BCUT2D eigenvalue weighted by molar-refractivity contribution is -0.929. The van der Waals surface area contributed by atoms with Crippen molar-refractivity contribution in [3.8, 4) is 11.7 Å². The van der Waals surface area contributed by atoms with Crippen molar-refractivity contribution < 1.29 is 18.8 Å². The minimum Gasteiger partial charge on any atom is -0.459 e. The van der Waals surface area contributed by atoms with E-state index in [0.717, 1.165) is 25.9 Å². The first kappa shape index (κ1) is 12.6. The number of nitrogens with one attached hydrogen (secondary N) is 1. The summed E-state index contributed by atoms with van der Waals surface area (Å²) < 4.78 is 12.3. The van der Waals surface area contributed by atoms with Gasteiger partial charge in [0.2, 0.25) is 0 Å². The Morgan fingerprint density at radius 3 is 2.95 bits per heavy atom. The number of piperidine rings is 1. The van der Waals surface area contributed by atoms with Crippen LogP contribution in [0.1, 0.15) is 12.8 Å². The van der Waals surface area contributed by atoms with E-state index in [2.05, 4.69) is 5.10 Å². The molecular formula is C12H16N3O3S+. The van der Waals surface area contributed by atoms with Crippen LogP contribution in [0.15, 0.2) is 27.2 Å². The van der Waals surface area contributed by atoms with E-state index in [1.165, 1.54) is 4.90 Å². The summed E-state index contributed by atoms with van der Waals surface area (Å²) in [6.07, 6.45) is 3.06. The van der Waals surface area contributed by atoms with E-state index in [4.69, 9.17) is 21.1 Å². The third kappa shape index (κ3) is 2.78. The Labute approximate surface area is 115 Å². The maximum Gasteiger partial charge on any atom is 0.292 e. The Bertz CT molecular complexity index is 582. The van der Waals surface area contributed by atoms with Crippen molar-refractivity contribution in [3.63, 3.8) is 0 Å². The van der Waals surface area contributed by atoms with Crippen LogP contribution < -0.4 is 4.90 Å². The van der Waals surface area contributed by atoms with Gasteiger partial charge >= 0.3 is 0 Å². The molecule has 102 valence electrons. The van der Waals surface area contributed by atoms with Crippen LogP contribution in [0.4, 0.5) is 0 Å². The summed E-state index contributed by atoms with van der Waals surface area (Å²) in [5.41, 5.74) is 0. The van der Waals surface area contributed by atoms with Crippen LogP contribution in [-0.2, 0) is 6.67 Å². The van der Waals surface area contributed by atoms with Crippen molar-refractivity contribution in [1.29, 1.82) is 0 Å². The number of likely N-dealkylation sites (tertiary alicyclic amines) is 1. The average Bonchev–Trinajstić information content (AvgIpc) is 3.03. The summed E-state index contributed by atoms with van der Waals surface area (Å²) in [6.45, 7) is 2.51. The molecular weight excluding hydrogens is 266 g/mol. The van der Waals surface area contributed by atoms with Crippen molar-refractivity contribution in [2.24, 2.45) is 0 Å². The van der Waals surface area contributed by atoms with Gasteiger partial charge in [-0.3, -0.25) is 0 Å². The maximum atomic E-state index is 9.49. The predicted octanol–water partition coefficient (Wildman–Crippen LogP) is 0.463. The van der Waals surface area contributed by atoms with Crippen molar-refractivity contribution in [2.45, 2.75) is 25.6 Å². The first-order valence-electron chi connectivity index (χ1n) is 6.36. The van der Waals surface area contributed by atoms with Crippen LogP contribution in [0, 0.1) is 4.84 Å². The molecule has 2 N–H and O–H groups in total. The Morgan fingerprint density at radius 1 is 1.47 bits per heavy atom. The fraction of sp³-hybridized carbons (Fsp3) is 0.500. The van der Waals surface area contributed by atoms with Gasteiger partial charge in [-0.1, -0.05) is 0 Å². The minimum atomic E-state index is -0.160. The molecule has 1 fully saturated rings. The highest BCUT2D eigenvalue weighted by Gasteiger charge is 2.21. The summed E-state index contributed by atoms with van der Waals surface area (Å²) in [7, 11) is 0. The number of nitrogens with zero attached hydrogens (tertiary/aromatic N) is 2. The van der Waals surface area contributed by atoms with Crippen molar-refractivity contribution in [2.75, 3.05) is 13.1 Å². The molecule has 7 heteroatoms. The normalized spacial score (nSPS) is 23.6. The highest BCUT2D eigenvalue weighted by atomic mass is 32.1. The van der Waals surface area contributed by atoms with E-state index in [1.807, 2.05) is 0 Å². The zero-order valence-electron chi connectivity index (χ0n) is 10.4. The second-order valence-corrected chi connectivity index (χ2v) is 5.14. The molecule has 1 aliphatic heterocycles. The Hall–Kier alpha value is -1.44. The van der Waals surface area contributed by atoms with Gasteiger partial charge in [0.15, 0.2) is 12.4 Å². The van der Waals surface area contributed by atoms with Gasteiger partial charge in [-0.15, -0.1) is 5.10 Å². The molecule has 1 saturated heterocycles. The fourth-order valence-corrected chi connectivity index (χ4v) is 2.47. The molecule has 19 heavy (non-hydrogen) atoms. The second kappa shape index (κ2) is 5.28. The van der Waals surface area contributed by atoms with Crippen LogP contribution >= 0.6 is 12.2 Å². The molecule has 3 rings (SSSR count). The fourth-order valence-electron chi connectivity index (χ4n) is 2.29. The van der Waals surface area contributed by atoms with E-state index in [1.54, 1.807) is 23.1 Å². The van der Waals surface area contributed by atoms with Crippen molar-refractivity contribution >= 4 is 12.2 Å². The molecule has 2 aromatic heterocycles. The van der Waals surface area contributed by atoms with Gasteiger partial charge in [0.25, 0.3) is 10.7 Å². The zero-order chi connectivity index (χ0) is 13.2. The SMILES string of the molecule is OC1CC[NH+](Cn2nc(-c3ccco3)oc2=S)CC1. The van der Waals surface area contributed by atoms with Crippen LogP contribution in [0.5, 0.6) is 0 Å². The van der Waals surface area contributed by atoms with E-state index in [-0.39, 0.29) is 6.10 Å². The predicted molar refractivity (Wildman–Crippen MR) is 69.0 cm³/mol. The van der Waals surface area contributed by atoms with E-state index in [0.29, 0.717) is 23.2 Å². The van der Waals surface area contributed by atoms with Crippen LogP contribution in [0.25, 0.3) is 11.7 Å². The third-order valence-electron chi connectivity index (χ3n) is 3.37. The highest BCUT2D eigenvalue weighted by Crippen LogP contribution is 2.17.